The van der Waals surface area contributed by atoms with Crippen molar-refractivity contribution < 1.29 is 9.53 Å². The predicted molar refractivity (Wildman–Crippen MR) is 91.1 cm³/mol. The van der Waals surface area contributed by atoms with Crippen molar-refractivity contribution in [2.45, 2.75) is 13.1 Å². The molecule has 2 aromatic heterocycles. The molecular formula is C17H16N4O2S. The van der Waals surface area contributed by atoms with Gasteiger partial charge in [-0.1, -0.05) is 0 Å². The Bertz CT molecular complexity index is 855. The number of methoxy groups -OCH3 is 1. The van der Waals surface area contributed by atoms with Gasteiger partial charge in [-0.2, -0.15) is 0 Å². The molecule has 4 rings (SSSR count). The third-order valence-electron chi connectivity index (χ3n) is 4.19. The van der Waals surface area contributed by atoms with Crippen LogP contribution in [0.1, 0.15) is 16.3 Å². The topological polar surface area (TPSA) is 60.2 Å². The molecule has 0 unspecified atom stereocenters. The van der Waals surface area contributed by atoms with Gasteiger partial charge < -0.3 is 14.2 Å². The number of hydrogen-bond acceptors (Lipinski definition) is 5. The molecule has 0 saturated carbocycles. The highest BCUT2D eigenvalue weighted by molar-refractivity contribution is 7.07. The molecule has 7 heteroatoms. The van der Waals surface area contributed by atoms with E-state index in [0.717, 1.165) is 29.4 Å². The SMILES string of the molecule is COc1ccc(-c2cnc3n2CCN(C(=O)c2cscn2)C3)cc1. The number of ether oxygens (including phenoxy) is 1. The summed E-state index contributed by atoms with van der Waals surface area (Å²) >= 11 is 1.43. The number of thiazole rings is 1. The lowest BCUT2D eigenvalue weighted by Gasteiger charge is -2.28. The van der Waals surface area contributed by atoms with E-state index in [2.05, 4.69) is 14.5 Å². The molecule has 1 aromatic carbocycles. The largest absolute Gasteiger partial charge is 0.497 e. The zero-order valence-corrected chi connectivity index (χ0v) is 14.0. The Kier molecular flexibility index (Phi) is 3.78. The van der Waals surface area contributed by atoms with Crippen LogP contribution in [-0.4, -0.2) is 39.0 Å². The Morgan fingerprint density at radius 1 is 1.21 bits per heavy atom. The first kappa shape index (κ1) is 14.9. The van der Waals surface area contributed by atoms with Crippen molar-refractivity contribution in [2.75, 3.05) is 13.7 Å². The second kappa shape index (κ2) is 6.09. The standard InChI is InChI=1S/C17H16N4O2S/c1-23-13-4-2-12(3-5-13)15-8-18-16-9-20(6-7-21(15)16)17(22)14-10-24-11-19-14/h2-5,8,10-11H,6-7,9H2,1H3. The number of hydrogen-bond donors (Lipinski definition) is 0. The summed E-state index contributed by atoms with van der Waals surface area (Å²) in [5.41, 5.74) is 4.34. The molecule has 3 heterocycles. The molecule has 6 nitrogen and oxygen atoms in total. The van der Waals surface area contributed by atoms with E-state index in [0.29, 0.717) is 18.8 Å². The van der Waals surface area contributed by atoms with E-state index in [4.69, 9.17) is 4.74 Å². The quantitative estimate of drug-likeness (QED) is 0.735. The van der Waals surface area contributed by atoms with Crippen LogP contribution in [0.15, 0.2) is 41.4 Å². The summed E-state index contributed by atoms with van der Waals surface area (Å²) in [4.78, 5) is 22.9. The molecule has 0 aliphatic carbocycles. The molecule has 0 spiro atoms. The molecule has 0 N–H and O–H groups in total. The smallest absolute Gasteiger partial charge is 0.273 e. The molecule has 0 fully saturated rings. The minimum Gasteiger partial charge on any atom is -0.497 e. The number of carbonyl (C=O) groups is 1. The van der Waals surface area contributed by atoms with Crippen molar-refractivity contribution in [3.63, 3.8) is 0 Å². The molecule has 0 bridgehead atoms. The van der Waals surface area contributed by atoms with Crippen molar-refractivity contribution >= 4 is 17.2 Å². The summed E-state index contributed by atoms with van der Waals surface area (Å²) in [6, 6.07) is 7.93. The summed E-state index contributed by atoms with van der Waals surface area (Å²) in [7, 11) is 1.66. The molecule has 3 aromatic rings. The Morgan fingerprint density at radius 2 is 2.04 bits per heavy atom. The van der Waals surface area contributed by atoms with Gasteiger partial charge in [-0.3, -0.25) is 4.79 Å². The number of benzene rings is 1. The Labute approximate surface area is 143 Å². The zero-order chi connectivity index (χ0) is 16.5. The summed E-state index contributed by atoms with van der Waals surface area (Å²) in [5, 5.41) is 1.78. The van der Waals surface area contributed by atoms with E-state index < -0.39 is 0 Å². The molecule has 0 saturated heterocycles. The maximum Gasteiger partial charge on any atom is 0.273 e. The fourth-order valence-corrected chi connectivity index (χ4v) is 3.43. The molecule has 24 heavy (non-hydrogen) atoms. The van der Waals surface area contributed by atoms with E-state index in [9.17, 15) is 4.79 Å². The Hall–Kier alpha value is -2.67. The second-order valence-electron chi connectivity index (χ2n) is 5.54. The average Bonchev–Trinajstić information content (AvgIpc) is 3.30. The third-order valence-corrected chi connectivity index (χ3v) is 4.77. The van der Waals surface area contributed by atoms with Crippen LogP contribution in [0.3, 0.4) is 0 Å². The van der Waals surface area contributed by atoms with Gasteiger partial charge in [0.15, 0.2) is 0 Å². The molecular weight excluding hydrogens is 324 g/mol. The molecule has 1 aliphatic heterocycles. The molecule has 122 valence electrons. The Morgan fingerprint density at radius 3 is 2.75 bits per heavy atom. The van der Waals surface area contributed by atoms with Gasteiger partial charge in [-0.05, 0) is 24.3 Å². The van der Waals surface area contributed by atoms with Crippen LogP contribution in [0.2, 0.25) is 0 Å². The van der Waals surface area contributed by atoms with Gasteiger partial charge in [-0.25, -0.2) is 9.97 Å². The van der Waals surface area contributed by atoms with Crippen molar-refractivity contribution in [3.8, 4) is 17.0 Å². The number of nitrogens with zero attached hydrogens (tertiary/aromatic N) is 4. The van der Waals surface area contributed by atoms with Gasteiger partial charge in [0.05, 0.1) is 31.1 Å². The third kappa shape index (κ3) is 2.56. The minimum atomic E-state index is -0.0310. The lowest BCUT2D eigenvalue weighted by molar-refractivity contribution is 0.0703. The van der Waals surface area contributed by atoms with Gasteiger partial charge in [0.1, 0.15) is 17.3 Å². The van der Waals surface area contributed by atoms with E-state index >= 15 is 0 Å². The number of imidazole rings is 1. The highest BCUT2D eigenvalue weighted by atomic mass is 32.1. The van der Waals surface area contributed by atoms with Gasteiger partial charge in [0, 0.05) is 24.0 Å². The predicted octanol–water partition coefficient (Wildman–Crippen LogP) is 2.67. The number of fused-ring (bicyclic) bond motifs is 1. The summed E-state index contributed by atoms with van der Waals surface area (Å²) in [6.45, 7) is 1.89. The van der Waals surface area contributed by atoms with Gasteiger partial charge >= 0.3 is 0 Å². The fraction of sp³-hybridized carbons (Fsp3) is 0.235. The maximum absolute atomic E-state index is 12.4. The van der Waals surface area contributed by atoms with Gasteiger partial charge in [0.25, 0.3) is 5.91 Å². The van der Waals surface area contributed by atoms with Crippen LogP contribution < -0.4 is 4.74 Å². The highest BCUT2D eigenvalue weighted by Gasteiger charge is 2.25. The number of amides is 1. The number of rotatable bonds is 3. The number of carbonyl (C=O) groups excluding carboxylic acids is 1. The van der Waals surface area contributed by atoms with Crippen molar-refractivity contribution in [2.24, 2.45) is 0 Å². The minimum absolute atomic E-state index is 0.0310. The van der Waals surface area contributed by atoms with E-state index in [1.807, 2.05) is 30.5 Å². The Balaban J connectivity index is 1.58. The molecule has 0 radical (unpaired) electrons. The van der Waals surface area contributed by atoms with E-state index in [-0.39, 0.29) is 5.91 Å². The summed E-state index contributed by atoms with van der Waals surface area (Å²) < 4.78 is 7.38. The number of aromatic nitrogens is 3. The van der Waals surface area contributed by atoms with Crippen LogP contribution in [0.25, 0.3) is 11.3 Å². The summed E-state index contributed by atoms with van der Waals surface area (Å²) in [6.07, 6.45) is 1.87. The molecule has 0 atom stereocenters. The van der Waals surface area contributed by atoms with Crippen molar-refractivity contribution in [1.29, 1.82) is 0 Å². The lowest BCUT2D eigenvalue weighted by Crippen LogP contribution is -2.38. The fourth-order valence-electron chi connectivity index (χ4n) is 2.91. The zero-order valence-electron chi connectivity index (χ0n) is 13.2. The van der Waals surface area contributed by atoms with Crippen LogP contribution in [0, 0.1) is 0 Å². The van der Waals surface area contributed by atoms with Crippen LogP contribution in [-0.2, 0) is 13.1 Å². The first-order chi connectivity index (χ1) is 11.8. The molecule has 1 amide bonds. The van der Waals surface area contributed by atoms with Crippen LogP contribution >= 0.6 is 11.3 Å². The van der Waals surface area contributed by atoms with E-state index in [1.54, 1.807) is 22.9 Å². The van der Waals surface area contributed by atoms with Crippen LogP contribution in [0.5, 0.6) is 5.75 Å². The first-order valence-electron chi connectivity index (χ1n) is 7.62. The van der Waals surface area contributed by atoms with Crippen LogP contribution in [0.4, 0.5) is 0 Å². The normalized spacial score (nSPS) is 13.6. The molecule has 1 aliphatic rings. The monoisotopic (exact) mass is 340 g/mol. The van der Waals surface area contributed by atoms with Gasteiger partial charge in [0.2, 0.25) is 0 Å². The lowest BCUT2D eigenvalue weighted by atomic mass is 10.1. The van der Waals surface area contributed by atoms with E-state index in [1.165, 1.54) is 11.3 Å². The second-order valence-corrected chi connectivity index (χ2v) is 6.26. The van der Waals surface area contributed by atoms with Crippen molar-refractivity contribution in [3.05, 3.63) is 52.9 Å². The maximum atomic E-state index is 12.4. The first-order valence-corrected chi connectivity index (χ1v) is 8.57. The average molecular weight is 340 g/mol. The highest BCUT2D eigenvalue weighted by Crippen LogP contribution is 2.26. The van der Waals surface area contributed by atoms with Gasteiger partial charge in [-0.15, -0.1) is 11.3 Å². The summed E-state index contributed by atoms with van der Waals surface area (Å²) in [5.74, 6) is 1.70. The van der Waals surface area contributed by atoms with Crippen molar-refractivity contribution in [1.82, 2.24) is 19.4 Å².